The number of hydrogen-bond acceptors (Lipinski definition) is 4. The van der Waals surface area contributed by atoms with E-state index in [0.29, 0.717) is 6.54 Å². The zero-order chi connectivity index (χ0) is 17.7. The number of hydrogen-bond donors (Lipinski definition) is 1. The lowest BCUT2D eigenvalue weighted by Gasteiger charge is -2.23. The third-order valence-electron chi connectivity index (χ3n) is 5.61. The smallest absolute Gasteiger partial charge is 0.266 e. The zero-order valence-electron chi connectivity index (χ0n) is 14.7. The Balaban J connectivity index is 1.74. The molecule has 0 saturated carbocycles. The Bertz CT molecular complexity index is 900. The number of carbonyl (C=O) groups is 1. The molecule has 1 fully saturated rings. The maximum absolute atomic E-state index is 12.8. The lowest BCUT2D eigenvalue weighted by Crippen LogP contribution is -2.41. The Labute approximate surface area is 153 Å². The standard InChI is InChI=1S/C21H22N4O/c22-20-21(26)25-11-8-15-12-16(24-9-4-5-10-24)13-17(19(15)25)18(23-20)14-6-2-1-3-7-14/h1-3,6-7,12-13,20H,4-5,8-11,22H2/t20-/m1/s1. The van der Waals surface area contributed by atoms with Gasteiger partial charge in [0.1, 0.15) is 0 Å². The minimum absolute atomic E-state index is 0.107. The molecule has 132 valence electrons. The molecule has 0 aromatic heterocycles. The Kier molecular flexibility index (Phi) is 3.57. The number of carbonyl (C=O) groups excluding carboxylic acids is 1. The fraction of sp³-hybridized carbons (Fsp3) is 0.333. The molecule has 5 heteroatoms. The second-order valence-electron chi connectivity index (χ2n) is 7.22. The van der Waals surface area contributed by atoms with Gasteiger partial charge in [0.05, 0.1) is 11.4 Å². The second kappa shape index (κ2) is 5.95. The summed E-state index contributed by atoms with van der Waals surface area (Å²) < 4.78 is 0. The van der Waals surface area contributed by atoms with Crippen molar-refractivity contribution >= 4 is 23.0 Å². The van der Waals surface area contributed by atoms with Gasteiger partial charge in [-0.2, -0.15) is 0 Å². The van der Waals surface area contributed by atoms with Gasteiger partial charge in [-0.1, -0.05) is 30.3 Å². The van der Waals surface area contributed by atoms with E-state index in [4.69, 9.17) is 5.73 Å². The van der Waals surface area contributed by atoms with Crippen LogP contribution in [0.2, 0.25) is 0 Å². The van der Waals surface area contributed by atoms with Gasteiger partial charge in [-0.15, -0.1) is 0 Å². The quantitative estimate of drug-likeness (QED) is 0.908. The highest BCUT2D eigenvalue weighted by atomic mass is 16.2. The highest BCUT2D eigenvalue weighted by Gasteiger charge is 2.35. The summed E-state index contributed by atoms with van der Waals surface area (Å²) in [5.74, 6) is -0.107. The van der Waals surface area contributed by atoms with Gasteiger partial charge in [0, 0.05) is 36.4 Å². The number of benzene rings is 2. The molecule has 2 aromatic rings. The van der Waals surface area contributed by atoms with Crippen molar-refractivity contribution in [1.82, 2.24) is 0 Å². The largest absolute Gasteiger partial charge is 0.372 e. The van der Waals surface area contributed by atoms with Crippen LogP contribution in [0.1, 0.15) is 29.5 Å². The Morgan fingerprint density at radius 3 is 2.58 bits per heavy atom. The van der Waals surface area contributed by atoms with E-state index >= 15 is 0 Å². The van der Waals surface area contributed by atoms with Gasteiger partial charge in [-0.25, -0.2) is 0 Å². The van der Waals surface area contributed by atoms with Crippen LogP contribution >= 0.6 is 0 Å². The highest BCUT2D eigenvalue weighted by Crippen LogP contribution is 2.39. The van der Waals surface area contributed by atoms with Crippen molar-refractivity contribution in [3.63, 3.8) is 0 Å². The summed E-state index contributed by atoms with van der Waals surface area (Å²) >= 11 is 0. The average molecular weight is 346 g/mol. The van der Waals surface area contributed by atoms with E-state index in [1.807, 2.05) is 35.2 Å². The first-order chi connectivity index (χ1) is 12.7. The maximum Gasteiger partial charge on any atom is 0.266 e. The summed E-state index contributed by atoms with van der Waals surface area (Å²) in [4.78, 5) is 21.7. The van der Waals surface area contributed by atoms with E-state index in [2.05, 4.69) is 22.0 Å². The van der Waals surface area contributed by atoms with Crippen LogP contribution < -0.4 is 15.5 Å². The second-order valence-corrected chi connectivity index (χ2v) is 7.22. The summed E-state index contributed by atoms with van der Waals surface area (Å²) in [6.07, 6.45) is 2.51. The molecule has 3 aliphatic heterocycles. The molecular formula is C21H22N4O. The number of rotatable bonds is 2. The number of amides is 1. The predicted molar refractivity (Wildman–Crippen MR) is 104 cm³/mol. The fourth-order valence-electron chi connectivity index (χ4n) is 4.34. The molecule has 0 unspecified atom stereocenters. The molecule has 1 saturated heterocycles. The first-order valence-electron chi connectivity index (χ1n) is 9.35. The van der Waals surface area contributed by atoms with Gasteiger partial charge >= 0.3 is 0 Å². The molecule has 2 N–H and O–H groups in total. The Hall–Kier alpha value is -2.66. The minimum Gasteiger partial charge on any atom is -0.372 e. The normalized spacial score (nSPS) is 21.7. The van der Waals surface area contributed by atoms with Crippen LogP contribution in [0.3, 0.4) is 0 Å². The molecule has 2 aromatic carbocycles. The van der Waals surface area contributed by atoms with Gasteiger partial charge in [0.2, 0.25) is 0 Å². The Morgan fingerprint density at radius 2 is 1.81 bits per heavy atom. The van der Waals surface area contributed by atoms with E-state index in [0.717, 1.165) is 42.0 Å². The van der Waals surface area contributed by atoms with Crippen molar-refractivity contribution < 1.29 is 4.79 Å². The van der Waals surface area contributed by atoms with Crippen molar-refractivity contribution in [3.8, 4) is 0 Å². The van der Waals surface area contributed by atoms with Gasteiger partial charge in [0.25, 0.3) is 5.91 Å². The number of anilines is 2. The average Bonchev–Trinajstić information content (AvgIpc) is 3.33. The van der Waals surface area contributed by atoms with Crippen LogP contribution in [0, 0.1) is 0 Å². The van der Waals surface area contributed by atoms with Crippen molar-refractivity contribution in [1.29, 1.82) is 0 Å². The summed E-state index contributed by atoms with van der Waals surface area (Å²) in [6.45, 7) is 2.88. The number of nitrogens with zero attached hydrogens (tertiary/aromatic N) is 3. The molecule has 0 aliphatic carbocycles. The Morgan fingerprint density at radius 1 is 1.04 bits per heavy atom. The summed E-state index contributed by atoms with van der Waals surface area (Å²) in [5.41, 5.74) is 12.5. The molecule has 0 bridgehead atoms. The van der Waals surface area contributed by atoms with Crippen molar-refractivity contribution in [2.75, 3.05) is 29.4 Å². The topological polar surface area (TPSA) is 61.9 Å². The first-order valence-corrected chi connectivity index (χ1v) is 9.35. The lowest BCUT2D eigenvalue weighted by atomic mass is 9.97. The lowest BCUT2D eigenvalue weighted by molar-refractivity contribution is -0.119. The predicted octanol–water partition coefficient (Wildman–Crippen LogP) is 2.31. The van der Waals surface area contributed by atoms with E-state index < -0.39 is 6.17 Å². The third-order valence-corrected chi connectivity index (χ3v) is 5.61. The van der Waals surface area contributed by atoms with Crippen LogP contribution in [-0.2, 0) is 11.2 Å². The molecule has 26 heavy (non-hydrogen) atoms. The van der Waals surface area contributed by atoms with Crippen LogP contribution in [0.4, 0.5) is 11.4 Å². The molecule has 0 radical (unpaired) electrons. The summed E-state index contributed by atoms with van der Waals surface area (Å²) in [7, 11) is 0. The summed E-state index contributed by atoms with van der Waals surface area (Å²) in [5, 5.41) is 0. The molecule has 1 atom stereocenters. The van der Waals surface area contributed by atoms with E-state index in [1.165, 1.54) is 24.1 Å². The van der Waals surface area contributed by atoms with E-state index in [9.17, 15) is 4.79 Å². The van der Waals surface area contributed by atoms with E-state index in [-0.39, 0.29) is 5.91 Å². The van der Waals surface area contributed by atoms with Gasteiger partial charge in [-0.05, 0) is 37.0 Å². The minimum atomic E-state index is -0.848. The zero-order valence-corrected chi connectivity index (χ0v) is 14.7. The van der Waals surface area contributed by atoms with Crippen LogP contribution in [0.15, 0.2) is 47.5 Å². The molecule has 5 nitrogen and oxygen atoms in total. The highest BCUT2D eigenvalue weighted by molar-refractivity contribution is 6.21. The first kappa shape index (κ1) is 15.6. The molecule has 5 rings (SSSR count). The molecular weight excluding hydrogens is 324 g/mol. The van der Waals surface area contributed by atoms with E-state index in [1.54, 1.807) is 0 Å². The van der Waals surface area contributed by atoms with Crippen LogP contribution in [-0.4, -0.2) is 37.4 Å². The van der Waals surface area contributed by atoms with Crippen LogP contribution in [0.25, 0.3) is 0 Å². The van der Waals surface area contributed by atoms with Crippen molar-refractivity contribution in [2.24, 2.45) is 10.7 Å². The fourth-order valence-corrected chi connectivity index (χ4v) is 4.34. The van der Waals surface area contributed by atoms with Gasteiger partial charge < -0.3 is 15.5 Å². The monoisotopic (exact) mass is 346 g/mol. The SMILES string of the molecule is N[C@@H]1N=C(c2ccccc2)c2cc(N3CCCC3)cc3c2N(CC3)C1=O. The van der Waals surface area contributed by atoms with Crippen molar-refractivity contribution in [2.45, 2.75) is 25.4 Å². The number of nitrogens with two attached hydrogens (primary N) is 1. The molecule has 3 aliphatic rings. The van der Waals surface area contributed by atoms with Crippen LogP contribution in [0.5, 0.6) is 0 Å². The van der Waals surface area contributed by atoms with Gasteiger partial charge in [-0.3, -0.25) is 9.79 Å². The summed E-state index contributed by atoms with van der Waals surface area (Å²) in [6, 6.07) is 14.5. The molecule has 0 spiro atoms. The van der Waals surface area contributed by atoms with Gasteiger partial charge in [0.15, 0.2) is 6.17 Å². The molecule has 1 amide bonds. The number of aliphatic imine (C=N–C) groups is 1. The molecule has 3 heterocycles. The maximum atomic E-state index is 12.8. The third kappa shape index (κ3) is 2.35. The van der Waals surface area contributed by atoms with Crippen molar-refractivity contribution in [3.05, 3.63) is 59.2 Å².